The van der Waals surface area contributed by atoms with Crippen LogP contribution in [0.3, 0.4) is 0 Å². The fraction of sp³-hybridized carbons (Fsp3) is 0.208. The van der Waals surface area contributed by atoms with Crippen LogP contribution in [0.25, 0.3) is 11.1 Å². The number of carbonyl (C=O) groups excluding carboxylic acids is 1. The third kappa shape index (κ3) is 5.08. The molecule has 0 aliphatic carbocycles. The van der Waals surface area contributed by atoms with E-state index >= 15 is 0 Å². The van der Waals surface area contributed by atoms with Crippen molar-refractivity contribution in [3.05, 3.63) is 94.5 Å². The molecular weight excluding hydrogens is 364 g/mol. The second-order valence-electron chi connectivity index (χ2n) is 6.89. The van der Waals surface area contributed by atoms with Gasteiger partial charge in [0.15, 0.2) is 0 Å². The lowest BCUT2D eigenvalue weighted by molar-refractivity contribution is -0.385. The summed E-state index contributed by atoms with van der Waals surface area (Å²) in [6, 6.07) is 24.1. The number of hydrogen-bond acceptors (Lipinski definition) is 3. The first-order chi connectivity index (χ1) is 14.1. The molecule has 148 valence electrons. The molecule has 0 atom stereocenters. The lowest BCUT2D eigenvalue weighted by atomic mass is 10.0. The minimum absolute atomic E-state index is 0.0237. The summed E-state index contributed by atoms with van der Waals surface area (Å²) in [6.07, 6.45) is 2.12. The first-order valence-electron chi connectivity index (χ1n) is 9.78. The van der Waals surface area contributed by atoms with Gasteiger partial charge >= 0.3 is 0 Å². The molecule has 3 aromatic carbocycles. The quantitative estimate of drug-likeness (QED) is 0.352. The first kappa shape index (κ1) is 20.3. The highest BCUT2D eigenvalue weighted by Gasteiger charge is 2.22. The van der Waals surface area contributed by atoms with E-state index in [1.54, 1.807) is 17.0 Å². The van der Waals surface area contributed by atoms with Gasteiger partial charge in [0, 0.05) is 23.7 Å². The van der Waals surface area contributed by atoms with Crippen molar-refractivity contribution in [2.75, 3.05) is 4.90 Å². The monoisotopic (exact) mass is 388 g/mol. The van der Waals surface area contributed by atoms with Crippen LogP contribution in [-0.2, 0) is 11.3 Å². The van der Waals surface area contributed by atoms with Gasteiger partial charge in [-0.3, -0.25) is 14.9 Å². The molecule has 0 heterocycles. The Morgan fingerprint density at radius 3 is 2.21 bits per heavy atom. The van der Waals surface area contributed by atoms with Gasteiger partial charge in [-0.2, -0.15) is 0 Å². The van der Waals surface area contributed by atoms with Crippen LogP contribution in [-0.4, -0.2) is 10.8 Å². The molecule has 5 heteroatoms. The third-order valence-electron chi connectivity index (χ3n) is 4.83. The molecule has 3 rings (SSSR count). The van der Waals surface area contributed by atoms with Gasteiger partial charge < -0.3 is 4.90 Å². The van der Waals surface area contributed by atoms with Crippen LogP contribution in [0.1, 0.15) is 31.7 Å². The van der Waals surface area contributed by atoms with Gasteiger partial charge in [0.2, 0.25) is 5.91 Å². The molecule has 0 N–H and O–H groups in total. The Kier molecular flexibility index (Phi) is 6.74. The average Bonchev–Trinajstić information content (AvgIpc) is 2.77. The molecule has 0 radical (unpaired) electrons. The number of benzene rings is 3. The molecule has 0 saturated carbocycles. The van der Waals surface area contributed by atoms with Crippen molar-refractivity contribution in [1.29, 1.82) is 0 Å². The number of carbonyl (C=O) groups is 1. The van der Waals surface area contributed by atoms with Crippen molar-refractivity contribution in [3.63, 3.8) is 0 Å². The Morgan fingerprint density at radius 1 is 0.931 bits per heavy atom. The Morgan fingerprint density at radius 2 is 1.59 bits per heavy atom. The van der Waals surface area contributed by atoms with Crippen LogP contribution in [0.15, 0.2) is 78.9 Å². The van der Waals surface area contributed by atoms with E-state index in [1.165, 1.54) is 0 Å². The number of nitrogens with zero attached hydrogens (tertiary/aromatic N) is 2. The van der Waals surface area contributed by atoms with Gasteiger partial charge in [0.1, 0.15) is 0 Å². The highest BCUT2D eigenvalue weighted by atomic mass is 16.6. The standard InChI is InChI=1S/C24H24N2O3/c1-2-3-14-24(27)25(22-12-8-5-9-13-22)18-21-16-15-20(17-23(21)26(28)29)19-10-6-4-7-11-19/h4-13,15-17H,2-3,14,18H2,1H3. The summed E-state index contributed by atoms with van der Waals surface area (Å²) in [7, 11) is 0. The van der Waals surface area contributed by atoms with Crippen LogP contribution >= 0.6 is 0 Å². The lowest BCUT2D eigenvalue weighted by Crippen LogP contribution is -2.30. The highest BCUT2D eigenvalue weighted by Crippen LogP contribution is 2.29. The maximum atomic E-state index is 12.8. The van der Waals surface area contributed by atoms with E-state index in [1.807, 2.05) is 73.7 Å². The van der Waals surface area contributed by atoms with E-state index in [0.717, 1.165) is 29.7 Å². The summed E-state index contributed by atoms with van der Waals surface area (Å²) in [5.74, 6) is -0.0283. The number of para-hydroxylation sites is 1. The zero-order chi connectivity index (χ0) is 20.6. The van der Waals surface area contributed by atoms with E-state index in [-0.39, 0.29) is 23.1 Å². The molecule has 29 heavy (non-hydrogen) atoms. The zero-order valence-electron chi connectivity index (χ0n) is 16.5. The summed E-state index contributed by atoms with van der Waals surface area (Å²) in [5.41, 5.74) is 2.99. The van der Waals surface area contributed by atoms with Crippen LogP contribution in [0.2, 0.25) is 0 Å². The second kappa shape index (κ2) is 9.64. The molecule has 0 aliphatic heterocycles. The minimum Gasteiger partial charge on any atom is -0.308 e. The smallest absolute Gasteiger partial charge is 0.275 e. The van der Waals surface area contributed by atoms with Gasteiger partial charge in [0.25, 0.3) is 5.69 Å². The number of nitro benzene ring substituents is 1. The summed E-state index contributed by atoms with van der Waals surface area (Å²) in [5, 5.41) is 11.8. The van der Waals surface area contributed by atoms with Crippen molar-refractivity contribution in [1.82, 2.24) is 0 Å². The van der Waals surface area contributed by atoms with E-state index < -0.39 is 0 Å². The van der Waals surface area contributed by atoms with E-state index in [0.29, 0.717) is 12.0 Å². The van der Waals surface area contributed by atoms with Gasteiger partial charge in [-0.15, -0.1) is 0 Å². The van der Waals surface area contributed by atoms with Gasteiger partial charge in [-0.05, 0) is 35.7 Å². The van der Waals surface area contributed by atoms with Gasteiger partial charge in [-0.1, -0.05) is 67.9 Å². The molecule has 0 aromatic heterocycles. The number of anilines is 1. The van der Waals surface area contributed by atoms with Crippen LogP contribution in [0, 0.1) is 10.1 Å². The maximum absolute atomic E-state index is 12.8. The summed E-state index contributed by atoms with van der Waals surface area (Å²) >= 11 is 0. The van der Waals surface area contributed by atoms with Gasteiger partial charge in [-0.25, -0.2) is 0 Å². The highest BCUT2D eigenvalue weighted by molar-refractivity contribution is 5.93. The maximum Gasteiger partial charge on any atom is 0.275 e. The topological polar surface area (TPSA) is 63.5 Å². The molecule has 5 nitrogen and oxygen atoms in total. The predicted molar refractivity (Wildman–Crippen MR) is 116 cm³/mol. The first-order valence-corrected chi connectivity index (χ1v) is 9.78. The minimum atomic E-state index is -0.374. The molecular formula is C24H24N2O3. The number of hydrogen-bond donors (Lipinski definition) is 0. The number of rotatable bonds is 8. The van der Waals surface area contributed by atoms with Crippen molar-refractivity contribution in [3.8, 4) is 11.1 Å². The summed E-state index contributed by atoms with van der Waals surface area (Å²) in [4.78, 5) is 25.9. The number of amides is 1. The van der Waals surface area contributed by atoms with Crippen LogP contribution in [0.5, 0.6) is 0 Å². The van der Waals surface area contributed by atoms with Crippen molar-refractivity contribution >= 4 is 17.3 Å². The largest absolute Gasteiger partial charge is 0.308 e. The van der Waals surface area contributed by atoms with E-state index in [4.69, 9.17) is 0 Å². The van der Waals surface area contributed by atoms with Crippen LogP contribution in [0.4, 0.5) is 11.4 Å². The Balaban J connectivity index is 1.96. The van der Waals surface area contributed by atoms with Crippen LogP contribution < -0.4 is 4.90 Å². The molecule has 0 spiro atoms. The molecule has 0 aliphatic rings. The van der Waals surface area contributed by atoms with Gasteiger partial charge in [0.05, 0.1) is 11.5 Å². The Bertz CT molecular complexity index is 972. The number of unbranched alkanes of at least 4 members (excludes halogenated alkanes) is 1. The SMILES string of the molecule is CCCCC(=O)N(Cc1ccc(-c2ccccc2)cc1[N+](=O)[O-])c1ccccc1. The Hall–Kier alpha value is -3.47. The number of nitro groups is 1. The van der Waals surface area contributed by atoms with Crippen molar-refractivity contribution < 1.29 is 9.72 Å². The van der Waals surface area contributed by atoms with E-state index in [9.17, 15) is 14.9 Å². The zero-order valence-corrected chi connectivity index (χ0v) is 16.5. The third-order valence-corrected chi connectivity index (χ3v) is 4.83. The van der Waals surface area contributed by atoms with Crippen molar-refractivity contribution in [2.24, 2.45) is 0 Å². The molecule has 3 aromatic rings. The Labute approximate surface area is 170 Å². The molecule has 0 saturated heterocycles. The fourth-order valence-electron chi connectivity index (χ4n) is 3.24. The lowest BCUT2D eigenvalue weighted by Gasteiger charge is -2.23. The second-order valence-corrected chi connectivity index (χ2v) is 6.89. The summed E-state index contributed by atoms with van der Waals surface area (Å²) < 4.78 is 0. The average molecular weight is 388 g/mol. The fourth-order valence-corrected chi connectivity index (χ4v) is 3.24. The molecule has 1 amide bonds. The van der Waals surface area contributed by atoms with Crippen molar-refractivity contribution in [2.45, 2.75) is 32.7 Å². The predicted octanol–water partition coefficient (Wildman–Crippen LogP) is 5.99. The molecule has 0 fully saturated rings. The summed E-state index contributed by atoms with van der Waals surface area (Å²) in [6.45, 7) is 2.20. The molecule has 0 unspecified atom stereocenters. The van der Waals surface area contributed by atoms with E-state index in [2.05, 4.69) is 0 Å². The molecule has 0 bridgehead atoms. The normalized spacial score (nSPS) is 10.5.